The van der Waals surface area contributed by atoms with E-state index < -0.39 is 26.6 Å². The van der Waals surface area contributed by atoms with Crippen LogP contribution < -0.4 is 19.9 Å². The molecule has 2 aromatic heterocycles. The first-order valence-corrected chi connectivity index (χ1v) is 19.9. The maximum Gasteiger partial charge on any atom is 0.407 e. The average molecular weight is 708 g/mol. The van der Waals surface area contributed by atoms with Crippen molar-refractivity contribution in [2.24, 2.45) is 0 Å². The Morgan fingerprint density at radius 1 is 0.938 bits per heavy atom. The molecule has 0 aliphatic rings. The molecule has 1 amide bonds. The van der Waals surface area contributed by atoms with Gasteiger partial charge in [0.15, 0.2) is 18.1 Å². The van der Waals surface area contributed by atoms with Gasteiger partial charge in [0.1, 0.15) is 6.61 Å². The number of hydrogen-bond donors (Lipinski definition) is 1. The molecule has 3 rings (SSSR count). The van der Waals surface area contributed by atoms with E-state index in [9.17, 15) is 14.3 Å². The summed E-state index contributed by atoms with van der Waals surface area (Å²) >= 11 is 1.46. The van der Waals surface area contributed by atoms with Crippen LogP contribution in [0.5, 0.6) is 5.88 Å². The van der Waals surface area contributed by atoms with Gasteiger partial charge in [0, 0.05) is 18.2 Å². The number of aromatic amines is 1. The highest BCUT2D eigenvalue weighted by Crippen LogP contribution is 2.38. The zero-order valence-corrected chi connectivity index (χ0v) is 30.1. The van der Waals surface area contributed by atoms with Gasteiger partial charge in [-0.2, -0.15) is 0 Å². The van der Waals surface area contributed by atoms with Gasteiger partial charge in [-0.25, -0.2) is 9.78 Å². The molecule has 0 bridgehead atoms. The zero-order valence-electron chi connectivity index (χ0n) is 28.4. The lowest BCUT2D eigenvalue weighted by Crippen LogP contribution is -2.34. The Balaban J connectivity index is 1.31. The second kappa shape index (κ2) is 24.4. The summed E-state index contributed by atoms with van der Waals surface area (Å²) in [6.45, 7) is 1.95. The number of ether oxygens (including phenoxy) is 2. The Morgan fingerprint density at radius 3 is 2.21 bits per heavy atom. The maximum absolute atomic E-state index is 12.4. The van der Waals surface area contributed by atoms with Gasteiger partial charge in [-0.3, -0.25) is 4.57 Å². The largest absolute Gasteiger partial charge is 0.756 e. The van der Waals surface area contributed by atoms with Crippen LogP contribution in [-0.4, -0.2) is 43.7 Å². The van der Waals surface area contributed by atoms with Gasteiger partial charge < -0.3 is 33.3 Å². The van der Waals surface area contributed by atoms with E-state index in [2.05, 4.69) is 22.4 Å². The van der Waals surface area contributed by atoms with Crippen LogP contribution in [0, 0.1) is 0 Å². The summed E-state index contributed by atoms with van der Waals surface area (Å²) in [4.78, 5) is 27.8. The van der Waals surface area contributed by atoms with E-state index in [4.69, 9.17) is 23.0 Å². The minimum atomic E-state index is -4.65. The number of amides is 1. The van der Waals surface area contributed by atoms with Crippen molar-refractivity contribution in [1.82, 2.24) is 10.5 Å². The lowest BCUT2D eigenvalue weighted by molar-refractivity contribution is -0.382. The molecule has 0 aliphatic carbocycles. The zero-order chi connectivity index (χ0) is 34.1. The monoisotopic (exact) mass is 707 g/mol. The number of phosphoric ester groups is 1. The molecular weight excluding hydrogens is 653 g/mol. The van der Waals surface area contributed by atoms with E-state index in [-0.39, 0.29) is 19.1 Å². The highest BCUT2D eigenvalue weighted by atomic mass is 32.1. The number of nitrogens with zero attached hydrogens (tertiary/aromatic N) is 1. The second-order valence-corrected chi connectivity index (χ2v) is 14.3. The Kier molecular flexibility index (Phi) is 20.2. The smallest absolute Gasteiger partial charge is 0.407 e. The number of hydrogen-bond acceptors (Lipinski definition) is 10. The lowest BCUT2D eigenvalue weighted by atomic mass is 10.0. The van der Waals surface area contributed by atoms with Crippen LogP contribution in [0.25, 0.3) is 11.3 Å². The second-order valence-electron chi connectivity index (χ2n) is 11.9. The van der Waals surface area contributed by atoms with Crippen molar-refractivity contribution in [2.45, 2.75) is 116 Å². The highest BCUT2D eigenvalue weighted by Gasteiger charge is 2.21. The number of carbonyl (C=O) groups excluding carboxylic acids is 1. The molecule has 0 radical (unpaired) electrons. The summed E-state index contributed by atoms with van der Waals surface area (Å²) in [6, 6.07) is 10.9. The molecule has 48 heavy (non-hydrogen) atoms. The van der Waals surface area contributed by atoms with Crippen LogP contribution in [0.2, 0.25) is 0 Å². The summed E-state index contributed by atoms with van der Waals surface area (Å²) in [6.07, 6.45) is 19.6. The number of H-pyrrole nitrogens is 1. The predicted octanol–water partition coefficient (Wildman–Crippen LogP) is 8.31. The molecule has 1 aromatic carbocycles. The Morgan fingerprint density at radius 2 is 1.58 bits per heavy atom. The number of rotatable bonds is 28. The molecule has 0 fully saturated rings. The van der Waals surface area contributed by atoms with Crippen molar-refractivity contribution >= 4 is 25.3 Å². The fourth-order valence-electron chi connectivity index (χ4n) is 5.12. The van der Waals surface area contributed by atoms with Crippen molar-refractivity contribution in [3.05, 3.63) is 53.0 Å². The fraction of sp³-hybridized carbons (Fsp3) is 0.629. The Labute approximate surface area is 289 Å². The number of carbonyl (C=O) groups is 1. The molecule has 0 saturated carbocycles. The van der Waals surface area contributed by atoms with Gasteiger partial charge in [0.05, 0.1) is 25.0 Å². The van der Waals surface area contributed by atoms with Crippen molar-refractivity contribution in [3.8, 4) is 17.2 Å². The minimum Gasteiger partial charge on any atom is -0.756 e. The number of benzene rings is 1. The van der Waals surface area contributed by atoms with Crippen LogP contribution in [-0.2, 0) is 24.8 Å². The molecule has 0 saturated heterocycles. The molecule has 268 valence electrons. The third-order valence-corrected chi connectivity index (χ3v) is 9.65. The quantitative estimate of drug-likeness (QED) is 0.0581. The topological polar surface area (TPSA) is 146 Å². The molecule has 13 heteroatoms. The van der Waals surface area contributed by atoms with Crippen molar-refractivity contribution in [3.63, 3.8) is 0 Å². The first-order valence-electron chi connectivity index (χ1n) is 17.6. The third-order valence-electron chi connectivity index (χ3n) is 7.80. The van der Waals surface area contributed by atoms with Gasteiger partial charge >= 0.3 is 6.09 Å². The number of thiazole rings is 1. The summed E-state index contributed by atoms with van der Waals surface area (Å²) in [5, 5.41) is 9.40. The fourth-order valence-corrected chi connectivity index (χ4v) is 6.49. The van der Waals surface area contributed by atoms with Gasteiger partial charge in [-0.15, -0.1) is 0 Å². The predicted molar refractivity (Wildman–Crippen MR) is 185 cm³/mol. The van der Waals surface area contributed by atoms with Gasteiger partial charge in [0.25, 0.3) is 13.7 Å². The van der Waals surface area contributed by atoms with Crippen LogP contribution in [0.3, 0.4) is 0 Å². The number of unbranched alkanes of at least 4 members (excludes halogenated alkanes) is 14. The van der Waals surface area contributed by atoms with E-state index in [0.29, 0.717) is 18.7 Å². The summed E-state index contributed by atoms with van der Waals surface area (Å²) < 4.78 is 39.0. The lowest BCUT2D eigenvalue weighted by Gasteiger charge is -2.25. The van der Waals surface area contributed by atoms with Gasteiger partial charge in [-0.05, 0) is 11.6 Å². The van der Waals surface area contributed by atoms with Gasteiger partial charge in [-0.1, -0.05) is 138 Å². The third kappa shape index (κ3) is 18.1. The van der Waals surface area contributed by atoms with Crippen molar-refractivity contribution in [1.29, 1.82) is 0 Å². The molecule has 0 aliphatic heterocycles. The standard InChI is InChI=1S/C35H54N3O8PS/c1-2-3-4-5-6-7-8-9-10-11-12-13-14-15-19-23-37-35(39)42-28-31(29-44-47(40,41)43-25-22-34-36-24-26-48-34)45-33-27-32(46-38-33)30-20-17-16-18-21-30/h16-18,20-21,24,26-27,31H,2-15,19,22-23,25,28-29H2,1H3,(H,37,39)(H,40,41). The van der Waals surface area contributed by atoms with Crippen molar-refractivity contribution in [2.75, 3.05) is 26.4 Å². The minimum absolute atomic E-state index is 0.0781. The molecule has 2 unspecified atom stereocenters. The molecule has 3 aromatic rings. The van der Waals surface area contributed by atoms with E-state index in [1.54, 1.807) is 12.3 Å². The highest BCUT2D eigenvalue weighted by molar-refractivity contribution is 7.45. The summed E-state index contributed by atoms with van der Waals surface area (Å²) in [5.74, 6) is 0.565. The Hall–Kier alpha value is -2.76. The maximum atomic E-state index is 12.4. The first kappa shape index (κ1) is 39.7. The van der Waals surface area contributed by atoms with E-state index in [0.717, 1.165) is 29.8 Å². The number of phosphoric acid groups is 1. The van der Waals surface area contributed by atoms with E-state index in [1.807, 2.05) is 35.7 Å². The normalized spacial score (nSPS) is 13.2. The molecule has 11 nitrogen and oxygen atoms in total. The average Bonchev–Trinajstić information content (AvgIpc) is 3.79. The number of aromatic nitrogens is 2. The Bertz CT molecular complexity index is 1280. The first-order chi connectivity index (χ1) is 23.4. The number of alkyl carbamates (subject to hydrolysis) is 1. The van der Waals surface area contributed by atoms with E-state index in [1.165, 1.54) is 88.4 Å². The summed E-state index contributed by atoms with van der Waals surface area (Å²) in [5.41, 5.74) is 0.794. The molecule has 2 atom stereocenters. The van der Waals surface area contributed by atoms with Crippen molar-refractivity contribution < 1.29 is 42.3 Å². The van der Waals surface area contributed by atoms with Gasteiger partial charge in [0.2, 0.25) is 5.01 Å². The molecule has 2 N–H and O–H groups in total. The van der Waals surface area contributed by atoms with Crippen LogP contribution in [0.4, 0.5) is 4.79 Å². The summed E-state index contributed by atoms with van der Waals surface area (Å²) in [7, 11) is -4.65. The SMILES string of the molecule is CCCCCCCCCCCCCCCCCNC(=O)OCC(COP(=O)([O-])OCCc1[nH+]ccs1)Oc1cc(-c2ccccc2)on1. The van der Waals surface area contributed by atoms with E-state index >= 15 is 0 Å². The van der Waals surface area contributed by atoms with Crippen LogP contribution in [0.15, 0.2) is 52.5 Å². The molecule has 2 heterocycles. The molecule has 0 spiro atoms. The van der Waals surface area contributed by atoms with Crippen LogP contribution in [0.1, 0.15) is 108 Å². The number of nitrogens with one attached hydrogen (secondary N) is 2. The van der Waals surface area contributed by atoms with Crippen LogP contribution >= 0.6 is 19.2 Å². The molecular formula is C35H54N3O8PS.